The minimum absolute atomic E-state index is 0.124. The smallest absolute Gasteiger partial charge is 0.331 e. The SMILES string of the molecule is COCC(C)(NC(=O)c1nn(-c2ccccc2Cl)cc1C)C(=O)O. The number of carboxylic acid groups (broad SMARTS) is 1. The van der Waals surface area contributed by atoms with Gasteiger partial charge in [0.2, 0.25) is 0 Å². The van der Waals surface area contributed by atoms with Crippen LogP contribution in [0.25, 0.3) is 5.69 Å². The van der Waals surface area contributed by atoms with E-state index in [4.69, 9.17) is 16.3 Å². The molecule has 0 fully saturated rings. The highest BCUT2D eigenvalue weighted by atomic mass is 35.5. The lowest BCUT2D eigenvalue weighted by atomic mass is 10.0. The third-order valence-corrected chi connectivity index (χ3v) is 3.83. The first-order valence-corrected chi connectivity index (χ1v) is 7.52. The van der Waals surface area contributed by atoms with Crippen LogP contribution in [0.15, 0.2) is 30.5 Å². The van der Waals surface area contributed by atoms with E-state index in [0.29, 0.717) is 16.3 Å². The Hall–Kier alpha value is -2.38. The number of carboxylic acids is 1. The van der Waals surface area contributed by atoms with Gasteiger partial charge < -0.3 is 15.2 Å². The minimum Gasteiger partial charge on any atom is -0.479 e. The van der Waals surface area contributed by atoms with Gasteiger partial charge in [-0.15, -0.1) is 0 Å². The van der Waals surface area contributed by atoms with Crippen LogP contribution in [0, 0.1) is 6.92 Å². The zero-order valence-electron chi connectivity index (χ0n) is 13.5. The molecule has 0 aliphatic rings. The third kappa shape index (κ3) is 3.58. The van der Waals surface area contributed by atoms with Gasteiger partial charge in [0.15, 0.2) is 11.2 Å². The van der Waals surface area contributed by atoms with Gasteiger partial charge in [-0.3, -0.25) is 4.79 Å². The van der Waals surface area contributed by atoms with Crippen LogP contribution < -0.4 is 5.32 Å². The first kappa shape index (κ1) is 18.0. The summed E-state index contributed by atoms with van der Waals surface area (Å²) in [6.45, 7) is 2.92. The summed E-state index contributed by atoms with van der Waals surface area (Å²) < 4.78 is 6.37. The molecule has 0 bridgehead atoms. The van der Waals surface area contributed by atoms with Gasteiger partial charge in [-0.1, -0.05) is 23.7 Å². The van der Waals surface area contributed by atoms with Crippen molar-refractivity contribution in [3.05, 3.63) is 46.7 Å². The van der Waals surface area contributed by atoms with E-state index in [0.717, 1.165) is 0 Å². The van der Waals surface area contributed by atoms with Crippen molar-refractivity contribution in [2.45, 2.75) is 19.4 Å². The van der Waals surface area contributed by atoms with Crippen LogP contribution in [0.3, 0.4) is 0 Å². The predicted molar refractivity (Wildman–Crippen MR) is 88.7 cm³/mol. The number of rotatable bonds is 6. The molecule has 1 unspecified atom stereocenters. The average molecular weight is 352 g/mol. The molecule has 0 aliphatic carbocycles. The molecule has 0 spiro atoms. The first-order valence-electron chi connectivity index (χ1n) is 7.14. The first-order chi connectivity index (χ1) is 11.3. The fourth-order valence-corrected chi connectivity index (χ4v) is 2.42. The molecule has 2 rings (SSSR count). The van der Waals surface area contributed by atoms with Crippen molar-refractivity contribution in [2.24, 2.45) is 0 Å². The van der Waals surface area contributed by atoms with Gasteiger partial charge in [0.25, 0.3) is 5.91 Å². The Morgan fingerprint density at radius 1 is 1.42 bits per heavy atom. The van der Waals surface area contributed by atoms with Crippen molar-refractivity contribution >= 4 is 23.5 Å². The molecule has 1 aromatic carbocycles. The Balaban J connectivity index is 2.31. The monoisotopic (exact) mass is 351 g/mol. The van der Waals surface area contributed by atoms with Gasteiger partial charge in [0, 0.05) is 18.9 Å². The van der Waals surface area contributed by atoms with Crippen LogP contribution in [-0.4, -0.2) is 46.0 Å². The average Bonchev–Trinajstić information content (AvgIpc) is 2.89. The fourth-order valence-electron chi connectivity index (χ4n) is 2.20. The second-order valence-corrected chi connectivity index (χ2v) is 5.99. The molecular formula is C16H18ClN3O4. The van der Waals surface area contributed by atoms with E-state index in [1.807, 2.05) is 0 Å². The van der Waals surface area contributed by atoms with Crippen molar-refractivity contribution in [3.8, 4) is 5.69 Å². The lowest BCUT2D eigenvalue weighted by molar-refractivity contribution is -0.145. The number of halogens is 1. The molecule has 1 heterocycles. The van der Waals surface area contributed by atoms with Gasteiger partial charge >= 0.3 is 5.97 Å². The molecule has 128 valence electrons. The summed E-state index contributed by atoms with van der Waals surface area (Å²) in [5, 5.41) is 16.5. The maximum absolute atomic E-state index is 12.5. The number of benzene rings is 1. The van der Waals surface area contributed by atoms with Crippen molar-refractivity contribution in [2.75, 3.05) is 13.7 Å². The number of carbonyl (C=O) groups excluding carboxylic acids is 1. The molecule has 1 atom stereocenters. The van der Waals surface area contributed by atoms with Crippen molar-refractivity contribution in [1.29, 1.82) is 0 Å². The lowest BCUT2D eigenvalue weighted by Crippen LogP contribution is -2.55. The molecule has 0 aliphatic heterocycles. The number of amides is 1. The van der Waals surface area contributed by atoms with E-state index in [1.165, 1.54) is 18.7 Å². The number of aromatic nitrogens is 2. The summed E-state index contributed by atoms with van der Waals surface area (Å²) in [6.07, 6.45) is 1.66. The Morgan fingerprint density at radius 2 is 2.08 bits per heavy atom. The van der Waals surface area contributed by atoms with Gasteiger partial charge in [0.1, 0.15) is 0 Å². The molecule has 2 N–H and O–H groups in total. The summed E-state index contributed by atoms with van der Waals surface area (Å²) in [6, 6.07) is 7.08. The van der Waals surface area contributed by atoms with Gasteiger partial charge in [-0.25, -0.2) is 9.48 Å². The van der Waals surface area contributed by atoms with Gasteiger partial charge in [-0.05, 0) is 26.0 Å². The molecule has 0 saturated carbocycles. The molecule has 1 amide bonds. The summed E-state index contributed by atoms with van der Waals surface area (Å²) in [5.74, 6) is -1.79. The summed E-state index contributed by atoms with van der Waals surface area (Å²) >= 11 is 6.13. The van der Waals surface area contributed by atoms with Crippen LogP contribution in [0.2, 0.25) is 5.02 Å². The second-order valence-electron chi connectivity index (χ2n) is 5.58. The Bertz CT molecular complexity index is 774. The summed E-state index contributed by atoms with van der Waals surface area (Å²) in [4.78, 5) is 23.8. The van der Waals surface area contributed by atoms with E-state index in [2.05, 4.69) is 10.4 Å². The molecule has 2 aromatic rings. The number of nitrogens with zero attached hydrogens (tertiary/aromatic N) is 2. The molecule has 8 heteroatoms. The maximum atomic E-state index is 12.5. The molecule has 0 radical (unpaired) electrons. The van der Waals surface area contributed by atoms with Crippen LogP contribution in [0.5, 0.6) is 0 Å². The Labute approximate surface area is 144 Å². The van der Waals surface area contributed by atoms with Crippen molar-refractivity contribution < 1.29 is 19.4 Å². The number of hydrogen-bond acceptors (Lipinski definition) is 4. The van der Waals surface area contributed by atoms with E-state index < -0.39 is 17.4 Å². The lowest BCUT2D eigenvalue weighted by Gasteiger charge is -2.24. The third-order valence-electron chi connectivity index (χ3n) is 3.51. The quantitative estimate of drug-likeness (QED) is 0.830. The standard InChI is InChI=1S/C16H18ClN3O4/c1-10-8-20(12-7-5-4-6-11(12)17)19-13(10)14(21)18-16(2,9-24-3)15(22)23/h4-8H,9H2,1-3H3,(H,18,21)(H,22,23). The molecule has 7 nitrogen and oxygen atoms in total. The molecule has 24 heavy (non-hydrogen) atoms. The Kier molecular flexibility index (Phi) is 5.26. The van der Waals surface area contributed by atoms with E-state index in [-0.39, 0.29) is 12.3 Å². The maximum Gasteiger partial charge on any atom is 0.331 e. The van der Waals surface area contributed by atoms with Gasteiger partial charge in [-0.2, -0.15) is 5.10 Å². The number of nitrogens with one attached hydrogen (secondary N) is 1. The normalized spacial score (nSPS) is 13.3. The van der Waals surface area contributed by atoms with Crippen molar-refractivity contribution in [3.63, 3.8) is 0 Å². The second kappa shape index (κ2) is 7.02. The number of aliphatic carboxylic acids is 1. The van der Waals surface area contributed by atoms with Crippen LogP contribution in [0.1, 0.15) is 23.0 Å². The van der Waals surface area contributed by atoms with Crippen molar-refractivity contribution in [1.82, 2.24) is 15.1 Å². The number of methoxy groups -OCH3 is 1. The molecular weight excluding hydrogens is 334 g/mol. The molecule has 1 aromatic heterocycles. The summed E-state index contributed by atoms with van der Waals surface area (Å²) in [5.41, 5.74) is -0.206. The minimum atomic E-state index is -1.55. The largest absolute Gasteiger partial charge is 0.479 e. The number of aryl methyl sites for hydroxylation is 1. The predicted octanol–water partition coefficient (Wildman–Crippen LogP) is 2.05. The Morgan fingerprint density at radius 3 is 2.67 bits per heavy atom. The zero-order chi connectivity index (χ0) is 17.9. The zero-order valence-corrected chi connectivity index (χ0v) is 14.3. The van der Waals surface area contributed by atoms with Gasteiger partial charge in [0.05, 0.1) is 17.3 Å². The van der Waals surface area contributed by atoms with E-state index in [9.17, 15) is 14.7 Å². The highest BCUT2D eigenvalue weighted by molar-refractivity contribution is 6.32. The highest BCUT2D eigenvalue weighted by Gasteiger charge is 2.36. The number of hydrogen-bond donors (Lipinski definition) is 2. The summed E-state index contributed by atoms with van der Waals surface area (Å²) in [7, 11) is 1.37. The topological polar surface area (TPSA) is 93.5 Å². The van der Waals surface area contributed by atoms with E-state index >= 15 is 0 Å². The van der Waals surface area contributed by atoms with E-state index in [1.54, 1.807) is 37.4 Å². The number of carbonyl (C=O) groups is 2. The number of para-hydroxylation sites is 1. The van der Waals surface area contributed by atoms with Crippen LogP contribution in [-0.2, 0) is 9.53 Å². The number of ether oxygens (including phenoxy) is 1. The molecule has 0 saturated heterocycles. The fraction of sp³-hybridized carbons (Fsp3) is 0.312. The highest BCUT2D eigenvalue weighted by Crippen LogP contribution is 2.20. The van der Waals surface area contributed by atoms with Crippen LogP contribution in [0.4, 0.5) is 0 Å². The van der Waals surface area contributed by atoms with Crippen LogP contribution >= 0.6 is 11.6 Å².